The summed E-state index contributed by atoms with van der Waals surface area (Å²) in [4.78, 5) is 32.7. The van der Waals surface area contributed by atoms with Crippen molar-refractivity contribution < 1.29 is 29.7 Å². The number of nitrogens with one attached hydrogen (secondary N) is 1. The highest BCUT2D eigenvalue weighted by Gasteiger charge is 2.38. The highest BCUT2D eigenvalue weighted by Crippen LogP contribution is 2.39. The molecule has 3 heterocycles. The molecule has 0 unspecified atom stereocenters. The van der Waals surface area contributed by atoms with Crippen molar-refractivity contribution in [3.63, 3.8) is 0 Å². The summed E-state index contributed by atoms with van der Waals surface area (Å²) < 4.78 is 2.42. The number of allylic oxidation sites excluding steroid dienone is 1. The average molecular weight is 1160 g/mol. The van der Waals surface area contributed by atoms with E-state index in [-0.39, 0.29) is 11.7 Å². The van der Waals surface area contributed by atoms with Crippen LogP contribution < -0.4 is 46.7 Å². The van der Waals surface area contributed by atoms with Gasteiger partial charge in [0.15, 0.2) is 5.78 Å². The lowest BCUT2D eigenvalue weighted by Crippen LogP contribution is -2.63. The first-order valence-corrected chi connectivity index (χ1v) is 33.5. The average Bonchev–Trinajstić information content (AvgIpc) is 1.11. The minimum Gasteiger partial charge on any atom is -0.423 e. The van der Waals surface area contributed by atoms with E-state index in [0.717, 1.165) is 87.3 Å². The van der Waals surface area contributed by atoms with Crippen molar-refractivity contribution in [2.45, 2.75) is 91.6 Å². The molecule has 14 heteroatoms. The molecule has 3 aliphatic heterocycles. The zero-order valence-corrected chi connectivity index (χ0v) is 51.8. The minimum atomic E-state index is -2.19. The lowest BCUT2D eigenvalue weighted by atomic mass is 9.77. The second kappa shape index (κ2) is 25.4. The summed E-state index contributed by atoms with van der Waals surface area (Å²) in [6, 6.07) is 49.8. The second-order valence-electron chi connectivity index (χ2n) is 24.9. The monoisotopic (exact) mass is 1160 g/mol. The smallest absolute Gasteiger partial charge is 0.423 e. The highest BCUT2D eigenvalue weighted by atomic mass is 28.3. The second-order valence-corrected chi connectivity index (χ2v) is 29.2. The van der Waals surface area contributed by atoms with Gasteiger partial charge >= 0.3 is 14.2 Å². The molecular weight excluding hydrogens is 1080 g/mol. The summed E-state index contributed by atoms with van der Waals surface area (Å²) in [5, 5.41) is 55.6. The van der Waals surface area contributed by atoms with Gasteiger partial charge in [0.05, 0.1) is 0 Å². The zero-order chi connectivity index (χ0) is 60.6. The van der Waals surface area contributed by atoms with Crippen LogP contribution in [0, 0.1) is 0 Å². The third-order valence-corrected chi connectivity index (χ3v) is 22.0. The summed E-state index contributed by atoms with van der Waals surface area (Å²) in [7, 11) is -1.03. The number of fused-ring (bicyclic) bond motifs is 6. The van der Waals surface area contributed by atoms with Crippen molar-refractivity contribution in [2.24, 2.45) is 0 Å². The van der Waals surface area contributed by atoms with Crippen molar-refractivity contribution in [3.05, 3.63) is 219 Å². The number of hydrogen-bond donors (Lipinski definition) is 5. The van der Waals surface area contributed by atoms with Gasteiger partial charge in [0.25, 0.3) is 0 Å². The molecule has 0 atom stereocenters. The van der Waals surface area contributed by atoms with Crippen LogP contribution in [0.5, 0.6) is 0 Å². The van der Waals surface area contributed by atoms with Gasteiger partial charge in [-0.1, -0.05) is 129 Å². The SMILES string of the molecule is C=C(C)C(=O)CCCCN(Cc1ccccc1B(O)O)Cc1c2ccccc2c(CN(CCCNC(=O)C(=C)C)Cc2ccccc2B(O)O)c2ccc(-c3cccc(C4=c5cc6c(cc5[Si](C)(C)c5cc7c(cc54)CCN7C)=[N+](C)CC6)c3)cc12. The van der Waals surface area contributed by atoms with Gasteiger partial charge in [-0.05, 0) is 186 Å². The van der Waals surface area contributed by atoms with Gasteiger partial charge in [0.2, 0.25) is 11.3 Å². The molecule has 438 valence electrons. The molecule has 8 aromatic carbocycles. The number of carbonyl (C=O) groups excluding carboxylic acids is 2. The van der Waals surface area contributed by atoms with Crippen LogP contribution in [0.3, 0.4) is 0 Å². The number of hydrogen-bond acceptors (Lipinski definition) is 9. The van der Waals surface area contributed by atoms with E-state index in [4.69, 9.17) is 0 Å². The molecule has 11 rings (SSSR count). The summed E-state index contributed by atoms with van der Waals surface area (Å²) >= 11 is 0. The van der Waals surface area contributed by atoms with E-state index in [2.05, 4.69) is 156 Å². The molecule has 8 aromatic rings. The minimum absolute atomic E-state index is 0.0600. The van der Waals surface area contributed by atoms with Gasteiger partial charge in [-0.2, -0.15) is 0 Å². The van der Waals surface area contributed by atoms with E-state index in [1.807, 2.05) is 36.4 Å². The van der Waals surface area contributed by atoms with Crippen LogP contribution in [0.1, 0.15) is 84.0 Å². The largest absolute Gasteiger partial charge is 0.488 e. The first-order valence-electron chi connectivity index (χ1n) is 30.5. The first kappa shape index (κ1) is 60.2. The number of benzene rings is 8. The Bertz CT molecular complexity index is 4140. The predicted octanol–water partition coefficient (Wildman–Crippen LogP) is 6.47. The molecule has 86 heavy (non-hydrogen) atoms. The summed E-state index contributed by atoms with van der Waals surface area (Å²) in [5.74, 6) is -0.126. The van der Waals surface area contributed by atoms with E-state index < -0.39 is 22.3 Å². The Hall–Kier alpha value is -7.52. The van der Waals surface area contributed by atoms with E-state index in [9.17, 15) is 29.7 Å². The molecule has 0 spiro atoms. The molecule has 5 N–H and O–H groups in total. The van der Waals surface area contributed by atoms with Crippen LogP contribution in [0.15, 0.2) is 164 Å². The van der Waals surface area contributed by atoms with Gasteiger partial charge < -0.3 is 30.3 Å². The van der Waals surface area contributed by atoms with Crippen molar-refractivity contribution in [3.8, 4) is 11.1 Å². The maximum absolute atomic E-state index is 12.8. The van der Waals surface area contributed by atoms with E-state index in [0.29, 0.717) is 87.1 Å². The van der Waals surface area contributed by atoms with Gasteiger partial charge in [0, 0.05) is 88.6 Å². The number of ketones is 1. The predicted molar refractivity (Wildman–Crippen MR) is 357 cm³/mol. The van der Waals surface area contributed by atoms with Crippen molar-refractivity contribution in [2.75, 3.05) is 51.7 Å². The molecule has 0 bridgehead atoms. The number of anilines is 1. The Balaban J connectivity index is 1.09. The number of rotatable bonds is 23. The lowest BCUT2D eigenvalue weighted by molar-refractivity contribution is -0.117. The maximum Gasteiger partial charge on any atom is 0.488 e. The summed E-state index contributed by atoms with van der Waals surface area (Å²) in [6.45, 7) is 21.9. The molecule has 1 amide bonds. The van der Waals surface area contributed by atoms with E-state index in [1.165, 1.54) is 54.5 Å². The third-order valence-electron chi connectivity index (χ3n) is 18.5. The standard InChI is InChI=1S/C72H79B2N5O6Si/c1-47(2)68(80)27-15-16-33-78(43-54-19-9-13-25-64(54)73(82)83)46-63-57-24-12-11-23-56(57)62(45-79(34-18-32-75-72(81)48(3)4)44-55-20-10-14-26-65(55)74(84)85)58-29-28-50(38-59(58)63)49-21-17-22-53(37-49)71-60-39-51-30-35-76(5)66(51)41-69(60)86(7,8)70-42-67-52(40-61(70)71)31-36-77(67)6/h9-14,17,19-26,28-29,37-42,82-85H,1,3,15-16,18,27,30-36,43-46H2,2,4-8H3/p+1. The Morgan fingerprint density at radius 1 is 0.628 bits per heavy atom. The quantitative estimate of drug-likeness (QED) is 0.0160. The molecule has 0 aromatic heterocycles. The fraction of sp³-hybridized carbons (Fsp3) is 0.292. The molecule has 0 saturated carbocycles. The summed E-state index contributed by atoms with van der Waals surface area (Å²) in [5.41, 5.74) is 16.0. The van der Waals surface area contributed by atoms with Crippen LogP contribution in [0.25, 0.3) is 38.2 Å². The Kier molecular flexibility index (Phi) is 17.8. The first-order chi connectivity index (χ1) is 41.4. The van der Waals surface area contributed by atoms with Gasteiger partial charge in [-0.3, -0.25) is 19.4 Å². The molecular formula is C72H80B2N5O6Si+. The highest BCUT2D eigenvalue weighted by molar-refractivity contribution is 7.01. The molecule has 0 radical (unpaired) electrons. The topological polar surface area (TPSA) is 140 Å². The fourth-order valence-corrected chi connectivity index (χ4v) is 16.7. The van der Waals surface area contributed by atoms with Crippen LogP contribution in [0.4, 0.5) is 5.69 Å². The number of Topliss-reactive ketones (excluding diaryl/α,β-unsaturated/α-hetero) is 1. The van der Waals surface area contributed by atoms with E-state index in [1.54, 1.807) is 26.0 Å². The number of carbonyl (C=O) groups is 2. The summed E-state index contributed by atoms with van der Waals surface area (Å²) in [6.07, 6.45) is 4.53. The Morgan fingerprint density at radius 3 is 1.88 bits per heavy atom. The van der Waals surface area contributed by atoms with Crippen LogP contribution in [-0.2, 0) is 48.6 Å². The van der Waals surface area contributed by atoms with Crippen LogP contribution in [0.2, 0.25) is 13.1 Å². The Morgan fingerprint density at radius 2 is 1.23 bits per heavy atom. The number of likely N-dealkylation sites (N-methyl/N-ethyl adjacent to an activating group) is 2. The third kappa shape index (κ3) is 12.3. The number of amides is 1. The number of unbranched alkanes of at least 4 members (excludes halogenated alkanes) is 1. The zero-order valence-electron chi connectivity index (χ0n) is 50.8. The fourth-order valence-electron chi connectivity index (χ4n) is 13.7. The van der Waals surface area contributed by atoms with Crippen LogP contribution in [-0.4, -0.2) is 111 Å². The molecule has 0 saturated heterocycles. The van der Waals surface area contributed by atoms with Gasteiger partial charge in [-0.25, -0.2) is 4.58 Å². The maximum atomic E-state index is 12.8. The molecule has 3 aliphatic rings. The molecule has 0 fully saturated rings. The van der Waals surface area contributed by atoms with Crippen molar-refractivity contribution >= 4 is 88.1 Å². The van der Waals surface area contributed by atoms with Crippen LogP contribution >= 0.6 is 0 Å². The van der Waals surface area contributed by atoms with E-state index >= 15 is 0 Å². The van der Waals surface area contributed by atoms with Crippen molar-refractivity contribution in [1.82, 2.24) is 19.7 Å². The lowest BCUT2D eigenvalue weighted by Gasteiger charge is -2.34. The van der Waals surface area contributed by atoms with Gasteiger partial charge in [0.1, 0.15) is 21.7 Å². The molecule has 0 aliphatic carbocycles. The molecule has 11 nitrogen and oxygen atoms in total. The van der Waals surface area contributed by atoms with Crippen molar-refractivity contribution in [1.29, 1.82) is 0 Å². The Labute approximate surface area is 508 Å². The van der Waals surface area contributed by atoms with Gasteiger partial charge in [-0.15, -0.1) is 0 Å². The normalized spacial score (nSPS) is 14.0. The number of nitrogens with zero attached hydrogens (tertiary/aromatic N) is 4.